The summed E-state index contributed by atoms with van der Waals surface area (Å²) in [6, 6.07) is 0. The normalized spacial score (nSPS) is 24.1. The summed E-state index contributed by atoms with van der Waals surface area (Å²) < 4.78 is 30.2. The maximum Gasteiger partial charge on any atom is 0.237 e. The first-order chi connectivity index (χ1) is 9.71. The zero-order valence-electron chi connectivity index (χ0n) is 13.9. The number of amides is 1. The first-order valence-electron chi connectivity index (χ1n) is 7.86. The van der Waals surface area contributed by atoms with Crippen molar-refractivity contribution in [3.8, 4) is 0 Å². The third-order valence-electron chi connectivity index (χ3n) is 4.68. The first kappa shape index (κ1) is 18.4. The van der Waals surface area contributed by atoms with Crippen LogP contribution in [0.2, 0.25) is 0 Å². The Bertz CT molecular complexity index is 438. The Hall–Kier alpha value is -0.620. The molecule has 0 radical (unpaired) electrons. The van der Waals surface area contributed by atoms with Crippen molar-refractivity contribution in [2.45, 2.75) is 70.8 Å². The van der Waals surface area contributed by atoms with E-state index in [0.717, 1.165) is 0 Å². The van der Waals surface area contributed by atoms with Crippen LogP contribution in [0.15, 0.2) is 0 Å². The molecule has 0 bridgehead atoms. The lowest BCUT2D eigenvalue weighted by atomic mass is 9.99. The third kappa shape index (κ3) is 3.97. The number of morpholine rings is 1. The van der Waals surface area contributed by atoms with Crippen molar-refractivity contribution in [3.05, 3.63) is 0 Å². The minimum atomic E-state index is -3.45. The number of ether oxygens (including phenoxy) is 1. The molecule has 0 saturated carbocycles. The van der Waals surface area contributed by atoms with Gasteiger partial charge in [0.05, 0.1) is 17.0 Å². The van der Waals surface area contributed by atoms with E-state index in [2.05, 4.69) is 0 Å². The van der Waals surface area contributed by atoms with Gasteiger partial charge in [-0.05, 0) is 33.1 Å². The van der Waals surface area contributed by atoms with Crippen LogP contribution in [-0.4, -0.2) is 55.0 Å². The second kappa shape index (κ2) is 7.09. The van der Waals surface area contributed by atoms with Crippen molar-refractivity contribution >= 4 is 15.7 Å². The highest BCUT2D eigenvalue weighted by Crippen LogP contribution is 2.30. The van der Waals surface area contributed by atoms with Crippen molar-refractivity contribution in [2.75, 3.05) is 18.8 Å². The molecule has 124 valence electrons. The van der Waals surface area contributed by atoms with Crippen LogP contribution in [0.4, 0.5) is 0 Å². The molecule has 0 aromatic rings. The average Bonchev–Trinajstić information content (AvgIpc) is 2.39. The highest BCUT2D eigenvalue weighted by Gasteiger charge is 2.41. The van der Waals surface area contributed by atoms with Crippen molar-refractivity contribution in [1.29, 1.82) is 0 Å². The molecular formula is C15H29NO4S. The van der Waals surface area contributed by atoms with Gasteiger partial charge in [0.2, 0.25) is 5.91 Å². The number of carbonyl (C=O) groups excluding carboxylic acids is 1. The van der Waals surface area contributed by atoms with Crippen molar-refractivity contribution in [3.63, 3.8) is 0 Å². The van der Waals surface area contributed by atoms with Gasteiger partial charge in [-0.25, -0.2) is 8.42 Å². The highest BCUT2D eigenvalue weighted by atomic mass is 32.2. The Morgan fingerprint density at radius 1 is 1.10 bits per heavy atom. The minimum Gasteiger partial charge on any atom is -0.372 e. The molecule has 5 nitrogen and oxygen atoms in total. The van der Waals surface area contributed by atoms with Gasteiger partial charge >= 0.3 is 0 Å². The van der Waals surface area contributed by atoms with Gasteiger partial charge in [-0.1, -0.05) is 20.8 Å². The van der Waals surface area contributed by atoms with Gasteiger partial charge in [0.15, 0.2) is 9.84 Å². The lowest BCUT2D eigenvalue weighted by Crippen LogP contribution is -2.51. The van der Waals surface area contributed by atoms with Crippen LogP contribution in [0.3, 0.4) is 0 Å². The molecule has 21 heavy (non-hydrogen) atoms. The van der Waals surface area contributed by atoms with E-state index >= 15 is 0 Å². The molecule has 0 N–H and O–H groups in total. The smallest absolute Gasteiger partial charge is 0.237 e. The summed E-state index contributed by atoms with van der Waals surface area (Å²) in [5, 5.41) is 0. The van der Waals surface area contributed by atoms with Crippen molar-refractivity contribution in [1.82, 2.24) is 4.90 Å². The summed E-state index contributed by atoms with van der Waals surface area (Å²) in [5.74, 6) is -0.682. The standard InChI is InChI=1S/C15H29NO4S/c1-6-15(7-2,8-3)21(18,19)11-14(17)16-9-12(4)20-13(5)10-16/h12-13H,6-11H2,1-5H3/t12-,13+. The van der Waals surface area contributed by atoms with Gasteiger partial charge < -0.3 is 9.64 Å². The van der Waals surface area contributed by atoms with Crippen LogP contribution in [0.25, 0.3) is 0 Å². The van der Waals surface area contributed by atoms with E-state index in [-0.39, 0.29) is 23.9 Å². The Balaban J connectivity index is 2.86. The average molecular weight is 319 g/mol. The molecule has 1 heterocycles. The summed E-state index contributed by atoms with van der Waals surface area (Å²) in [5.41, 5.74) is 0. The van der Waals surface area contributed by atoms with Gasteiger partial charge in [0, 0.05) is 13.1 Å². The van der Waals surface area contributed by atoms with Crippen molar-refractivity contribution < 1.29 is 17.9 Å². The fraction of sp³-hybridized carbons (Fsp3) is 0.933. The number of carbonyl (C=O) groups is 1. The molecule has 1 amide bonds. The van der Waals surface area contributed by atoms with E-state index in [0.29, 0.717) is 32.4 Å². The van der Waals surface area contributed by atoms with Crippen LogP contribution in [0.5, 0.6) is 0 Å². The Labute approximate surface area is 129 Å². The van der Waals surface area contributed by atoms with E-state index in [1.807, 2.05) is 34.6 Å². The number of rotatable bonds is 6. The SMILES string of the molecule is CCC(CC)(CC)S(=O)(=O)CC(=O)N1C[C@@H](C)O[C@@H](C)C1. The Morgan fingerprint density at radius 3 is 1.90 bits per heavy atom. The summed E-state index contributed by atoms with van der Waals surface area (Å²) in [4.78, 5) is 14.0. The molecular weight excluding hydrogens is 290 g/mol. The molecule has 0 aromatic carbocycles. The summed E-state index contributed by atoms with van der Waals surface area (Å²) >= 11 is 0. The second-order valence-corrected chi connectivity index (χ2v) is 8.44. The van der Waals surface area contributed by atoms with Crippen LogP contribution in [-0.2, 0) is 19.4 Å². The van der Waals surface area contributed by atoms with Gasteiger partial charge in [-0.3, -0.25) is 4.79 Å². The van der Waals surface area contributed by atoms with E-state index in [4.69, 9.17) is 4.74 Å². The Morgan fingerprint density at radius 2 is 1.52 bits per heavy atom. The molecule has 0 spiro atoms. The monoisotopic (exact) mass is 319 g/mol. The minimum absolute atomic E-state index is 0.0475. The largest absolute Gasteiger partial charge is 0.372 e. The number of nitrogens with zero attached hydrogens (tertiary/aromatic N) is 1. The number of hydrogen-bond donors (Lipinski definition) is 0. The van der Waals surface area contributed by atoms with E-state index in [9.17, 15) is 13.2 Å². The predicted octanol–water partition coefficient (Wildman–Crippen LogP) is 2.01. The molecule has 0 unspecified atom stereocenters. The highest BCUT2D eigenvalue weighted by molar-refractivity contribution is 7.93. The van der Waals surface area contributed by atoms with Crippen LogP contribution in [0.1, 0.15) is 53.9 Å². The van der Waals surface area contributed by atoms with E-state index in [1.54, 1.807) is 4.90 Å². The van der Waals surface area contributed by atoms with Gasteiger partial charge in [0.25, 0.3) is 0 Å². The lowest BCUT2D eigenvalue weighted by Gasteiger charge is -2.36. The predicted molar refractivity (Wildman–Crippen MR) is 84.0 cm³/mol. The number of sulfone groups is 1. The number of hydrogen-bond acceptors (Lipinski definition) is 4. The molecule has 0 aliphatic carbocycles. The van der Waals surface area contributed by atoms with E-state index < -0.39 is 14.6 Å². The van der Waals surface area contributed by atoms with Crippen LogP contribution in [0, 0.1) is 0 Å². The van der Waals surface area contributed by atoms with Crippen LogP contribution >= 0.6 is 0 Å². The van der Waals surface area contributed by atoms with Gasteiger partial charge in [-0.15, -0.1) is 0 Å². The molecule has 1 aliphatic heterocycles. The fourth-order valence-corrected chi connectivity index (χ4v) is 5.33. The molecule has 1 fully saturated rings. The van der Waals surface area contributed by atoms with Crippen LogP contribution < -0.4 is 0 Å². The molecule has 6 heteroatoms. The third-order valence-corrected chi connectivity index (χ3v) is 7.49. The molecule has 1 rings (SSSR count). The maximum atomic E-state index is 12.7. The summed E-state index contributed by atoms with van der Waals surface area (Å²) in [6.07, 6.45) is 1.55. The van der Waals surface area contributed by atoms with Gasteiger partial charge in [0.1, 0.15) is 5.75 Å². The fourth-order valence-electron chi connectivity index (χ4n) is 3.20. The Kier molecular flexibility index (Phi) is 6.23. The molecule has 1 aliphatic rings. The quantitative estimate of drug-likeness (QED) is 0.751. The zero-order chi connectivity index (χ0) is 16.3. The van der Waals surface area contributed by atoms with Gasteiger partial charge in [-0.2, -0.15) is 0 Å². The maximum absolute atomic E-state index is 12.7. The van der Waals surface area contributed by atoms with E-state index in [1.165, 1.54) is 0 Å². The second-order valence-electron chi connectivity index (χ2n) is 6.06. The first-order valence-corrected chi connectivity index (χ1v) is 9.52. The summed E-state index contributed by atoms with van der Waals surface area (Å²) in [6.45, 7) is 10.4. The summed E-state index contributed by atoms with van der Waals surface area (Å²) in [7, 11) is -3.45. The van der Waals surface area contributed by atoms with Crippen molar-refractivity contribution in [2.24, 2.45) is 0 Å². The molecule has 2 atom stereocenters. The molecule has 0 aromatic heterocycles. The lowest BCUT2D eigenvalue weighted by molar-refractivity contribution is -0.140. The molecule has 1 saturated heterocycles. The zero-order valence-corrected chi connectivity index (χ0v) is 14.7. The topological polar surface area (TPSA) is 63.7 Å².